The first kappa shape index (κ1) is 12.5. The van der Waals surface area contributed by atoms with Crippen molar-refractivity contribution in [2.45, 2.75) is 6.92 Å². The first-order valence-electron chi connectivity index (χ1n) is 6.58. The molecule has 1 aliphatic heterocycles. The van der Waals surface area contributed by atoms with E-state index in [1.165, 1.54) is 0 Å². The number of carbonyl (C=O) groups is 1. The number of nitrogens with zero attached hydrogens (tertiary/aromatic N) is 1. The molecule has 0 bridgehead atoms. The zero-order valence-corrected chi connectivity index (χ0v) is 11.2. The van der Waals surface area contributed by atoms with E-state index in [0.717, 1.165) is 22.9 Å². The van der Waals surface area contributed by atoms with Crippen LogP contribution in [0.4, 0.5) is 11.4 Å². The number of rotatable bonds is 3. The Morgan fingerprint density at radius 1 is 1.05 bits per heavy atom. The van der Waals surface area contributed by atoms with E-state index in [0.29, 0.717) is 6.61 Å². The summed E-state index contributed by atoms with van der Waals surface area (Å²) in [5.41, 5.74) is 1.75. The minimum absolute atomic E-state index is 0.172. The first-order valence-corrected chi connectivity index (χ1v) is 6.58. The van der Waals surface area contributed by atoms with Crippen LogP contribution in [0.5, 0.6) is 11.5 Å². The molecule has 0 N–H and O–H groups in total. The summed E-state index contributed by atoms with van der Waals surface area (Å²) in [5, 5.41) is 0. The van der Waals surface area contributed by atoms with Gasteiger partial charge in [-0.05, 0) is 31.2 Å². The van der Waals surface area contributed by atoms with Gasteiger partial charge in [0.1, 0.15) is 6.54 Å². The van der Waals surface area contributed by atoms with Crippen molar-refractivity contribution in [3.05, 3.63) is 48.5 Å². The summed E-state index contributed by atoms with van der Waals surface area (Å²) in [6.07, 6.45) is 0. The van der Waals surface area contributed by atoms with Gasteiger partial charge >= 0.3 is 5.97 Å². The van der Waals surface area contributed by atoms with Crippen molar-refractivity contribution in [3.8, 4) is 11.5 Å². The summed E-state index contributed by atoms with van der Waals surface area (Å²) in [7, 11) is 0. The Labute approximate surface area is 117 Å². The van der Waals surface area contributed by atoms with Crippen molar-refractivity contribution in [3.63, 3.8) is 0 Å². The molecule has 0 atom stereocenters. The van der Waals surface area contributed by atoms with Gasteiger partial charge < -0.3 is 14.4 Å². The number of fused-ring (bicyclic) bond motifs is 2. The predicted octanol–water partition coefficient (Wildman–Crippen LogP) is 3.49. The van der Waals surface area contributed by atoms with Crippen LogP contribution in [0.1, 0.15) is 6.92 Å². The van der Waals surface area contributed by atoms with Gasteiger partial charge in [-0.25, -0.2) is 0 Å². The zero-order chi connectivity index (χ0) is 13.9. The lowest BCUT2D eigenvalue weighted by molar-refractivity contribution is -0.141. The van der Waals surface area contributed by atoms with Crippen molar-refractivity contribution < 1.29 is 14.3 Å². The summed E-state index contributed by atoms with van der Waals surface area (Å²) in [6, 6.07) is 15.3. The molecule has 1 heterocycles. The Bertz CT molecular complexity index is 594. The van der Waals surface area contributed by atoms with Crippen LogP contribution in [0, 0.1) is 0 Å². The molecule has 0 aliphatic carbocycles. The predicted molar refractivity (Wildman–Crippen MR) is 76.6 cm³/mol. The molecule has 0 fully saturated rings. The molecule has 0 amide bonds. The number of esters is 1. The third-order valence-corrected chi connectivity index (χ3v) is 3.12. The van der Waals surface area contributed by atoms with Gasteiger partial charge in [0.25, 0.3) is 0 Å². The molecule has 0 radical (unpaired) electrons. The smallest absolute Gasteiger partial charge is 0.325 e. The van der Waals surface area contributed by atoms with Gasteiger partial charge in [-0.15, -0.1) is 0 Å². The molecule has 102 valence electrons. The highest BCUT2D eigenvalue weighted by Crippen LogP contribution is 2.45. The molecule has 0 saturated carbocycles. The highest BCUT2D eigenvalue weighted by Gasteiger charge is 2.25. The van der Waals surface area contributed by atoms with Gasteiger partial charge in [-0.3, -0.25) is 4.79 Å². The van der Waals surface area contributed by atoms with Crippen LogP contribution in [0.25, 0.3) is 0 Å². The zero-order valence-electron chi connectivity index (χ0n) is 11.2. The second kappa shape index (κ2) is 5.25. The molecule has 0 spiro atoms. The number of hydrogen-bond acceptors (Lipinski definition) is 4. The fourth-order valence-electron chi connectivity index (χ4n) is 2.29. The Morgan fingerprint density at radius 2 is 1.60 bits per heavy atom. The number of ether oxygens (including phenoxy) is 2. The van der Waals surface area contributed by atoms with Gasteiger partial charge in [-0.1, -0.05) is 24.3 Å². The summed E-state index contributed by atoms with van der Waals surface area (Å²) in [5.74, 6) is 1.24. The summed E-state index contributed by atoms with van der Waals surface area (Å²) < 4.78 is 10.9. The van der Waals surface area contributed by atoms with Gasteiger partial charge in [0, 0.05) is 0 Å². The normalized spacial score (nSPS) is 12.2. The first-order chi connectivity index (χ1) is 9.79. The van der Waals surface area contributed by atoms with E-state index in [-0.39, 0.29) is 12.5 Å². The van der Waals surface area contributed by atoms with E-state index in [9.17, 15) is 4.79 Å². The largest absolute Gasteiger partial charge is 0.465 e. The van der Waals surface area contributed by atoms with Crippen LogP contribution in [0.3, 0.4) is 0 Å². The van der Waals surface area contributed by atoms with Gasteiger partial charge in [0.05, 0.1) is 18.0 Å². The van der Waals surface area contributed by atoms with E-state index >= 15 is 0 Å². The van der Waals surface area contributed by atoms with Crippen LogP contribution in [-0.2, 0) is 9.53 Å². The third-order valence-electron chi connectivity index (χ3n) is 3.12. The summed E-state index contributed by atoms with van der Waals surface area (Å²) >= 11 is 0. The van der Waals surface area contributed by atoms with Crippen LogP contribution in [0.2, 0.25) is 0 Å². The van der Waals surface area contributed by atoms with E-state index in [1.54, 1.807) is 6.92 Å². The SMILES string of the molecule is CCOC(=O)CN1c2ccccc2Oc2ccccc21. The fraction of sp³-hybridized carbons (Fsp3) is 0.188. The van der Waals surface area contributed by atoms with Crippen LogP contribution in [0.15, 0.2) is 48.5 Å². The molecule has 1 aliphatic rings. The van der Waals surface area contributed by atoms with Gasteiger partial charge in [-0.2, -0.15) is 0 Å². The third kappa shape index (κ3) is 2.20. The molecule has 3 rings (SSSR count). The van der Waals surface area contributed by atoms with Crippen molar-refractivity contribution in [2.75, 3.05) is 18.1 Å². The number of carbonyl (C=O) groups excluding carboxylic acids is 1. The van der Waals surface area contributed by atoms with Crippen LogP contribution < -0.4 is 9.64 Å². The average Bonchev–Trinajstić information content (AvgIpc) is 2.47. The molecule has 4 nitrogen and oxygen atoms in total. The Morgan fingerprint density at radius 3 is 2.15 bits per heavy atom. The molecular formula is C16H15NO3. The molecule has 20 heavy (non-hydrogen) atoms. The number of hydrogen-bond donors (Lipinski definition) is 0. The quantitative estimate of drug-likeness (QED) is 0.799. The maximum Gasteiger partial charge on any atom is 0.325 e. The molecule has 0 unspecified atom stereocenters. The van der Waals surface area contributed by atoms with Crippen molar-refractivity contribution in [1.29, 1.82) is 0 Å². The molecule has 0 aromatic heterocycles. The van der Waals surface area contributed by atoms with Crippen molar-refractivity contribution in [2.24, 2.45) is 0 Å². The Kier molecular flexibility index (Phi) is 3.29. The van der Waals surface area contributed by atoms with Gasteiger partial charge in [0.2, 0.25) is 0 Å². The fourth-order valence-corrected chi connectivity index (χ4v) is 2.29. The number of anilines is 2. The Balaban J connectivity index is 2.01. The highest BCUT2D eigenvalue weighted by molar-refractivity contribution is 5.85. The second-order valence-electron chi connectivity index (χ2n) is 4.43. The monoisotopic (exact) mass is 269 g/mol. The summed E-state index contributed by atoms with van der Waals surface area (Å²) in [6.45, 7) is 2.36. The molecule has 0 saturated heterocycles. The molecule has 4 heteroatoms. The molecule has 2 aromatic carbocycles. The standard InChI is InChI=1S/C16H15NO3/c1-2-19-16(18)11-17-12-7-3-5-9-14(12)20-15-10-6-4-8-13(15)17/h3-10H,2,11H2,1H3. The maximum absolute atomic E-state index is 11.8. The van der Waals surface area contributed by atoms with Crippen LogP contribution >= 0.6 is 0 Å². The second-order valence-corrected chi connectivity index (χ2v) is 4.43. The van der Waals surface area contributed by atoms with E-state index < -0.39 is 0 Å². The van der Waals surface area contributed by atoms with E-state index in [1.807, 2.05) is 53.4 Å². The minimum Gasteiger partial charge on any atom is -0.465 e. The lowest BCUT2D eigenvalue weighted by atomic mass is 10.1. The number of benzene rings is 2. The topological polar surface area (TPSA) is 38.8 Å². The lowest BCUT2D eigenvalue weighted by Crippen LogP contribution is -2.29. The molecule has 2 aromatic rings. The van der Waals surface area contributed by atoms with Gasteiger partial charge in [0.15, 0.2) is 11.5 Å². The Hall–Kier alpha value is -2.49. The summed E-state index contributed by atoms with van der Waals surface area (Å²) in [4.78, 5) is 13.7. The highest BCUT2D eigenvalue weighted by atomic mass is 16.5. The van der Waals surface area contributed by atoms with Crippen molar-refractivity contribution in [1.82, 2.24) is 0 Å². The van der Waals surface area contributed by atoms with E-state index in [4.69, 9.17) is 9.47 Å². The van der Waals surface area contributed by atoms with Crippen LogP contribution in [-0.4, -0.2) is 19.1 Å². The number of para-hydroxylation sites is 4. The maximum atomic E-state index is 11.8. The average molecular weight is 269 g/mol. The van der Waals surface area contributed by atoms with E-state index in [2.05, 4.69) is 0 Å². The minimum atomic E-state index is -0.251. The molecular weight excluding hydrogens is 254 g/mol. The van der Waals surface area contributed by atoms with Crippen molar-refractivity contribution >= 4 is 17.3 Å². The lowest BCUT2D eigenvalue weighted by Gasteiger charge is -2.31.